The molecule has 2 nitrogen and oxygen atoms in total. The minimum Gasteiger partial charge on any atom is -0.319 e. The second-order valence-corrected chi connectivity index (χ2v) is 3.30. The quantitative estimate of drug-likeness (QED) is 0.618. The zero-order valence-corrected chi connectivity index (χ0v) is 9.18. The predicted octanol–water partition coefficient (Wildman–Crippen LogP) is 1.85. The summed E-state index contributed by atoms with van der Waals surface area (Å²) in [5.74, 6) is 5.45. The van der Waals surface area contributed by atoms with Gasteiger partial charge >= 0.3 is 0 Å². The number of nitrogens with zero attached hydrogens (tertiary/aromatic N) is 1. The van der Waals surface area contributed by atoms with E-state index < -0.39 is 0 Å². The van der Waals surface area contributed by atoms with Crippen molar-refractivity contribution in [3.63, 3.8) is 0 Å². The third-order valence-corrected chi connectivity index (χ3v) is 2.06. The van der Waals surface area contributed by atoms with Crippen LogP contribution in [0.25, 0.3) is 0 Å². The van der Waals surface area contributed by atoms with Gasteiger partial charge in [-0.25, -0.2) is 4.39 Å². The highest BCUT2D eigenvalue weighted by Gasteiger charge is 2.01. The highest BCUT2D eigenvalue weighted by atomic mass is 19.1. The van der Waals surface area contributed by atoms with Crippen LogP contribution in [0.4, 0.5) is 4.39 Å². The molecule has 82 valence electrons. The average molecular weight is 216 g/mol. The summed E-state index contributed by atoms with van der Waals surface area (Å²) in [5, 5.41) is 11.4. The van der Waals surface area contributed by atoms with E-state index in [2.05, 4.69) is 17.2 Å². The van der Waals surface area contributed by atoms with Gasteiger partial charge in [0.05, 0.1) is 12.5 Å². The molecule has 0 amide bonds. The minimum atomic E-state index is -0.359. The lowest BCUT2D eigenvalue weighted by Gasteiger charge is -1.97. The molecule has 0 saturated carbocycles. The SMILES string of the molecule is CNCCC#Cc1ccc(CC#N)c(F)c1. The smallest absolute Gasteiger partial charge is 0.128 e. The number of hydrogen-bond donors (Lipinski definition) is 1. The Morgan fingerprint density at radius 1 is 1.44 bits per heavy atom. The summed E-state index contributed by atoms with van der Waals surface area (Å²) in [7, 11) is 1.86. The maximum atomic E-state index is 13.4. The maximum Gasteiger partial charge on any atom is 0.128 e. The van der Waals surface area contributed by atoms with E-state index in [0.717, 1.165) is 13.0 Å². The van der Waals surface area contributed by atoms with Crippen molar-refractivity contribution in [1.82, 2.24) is 5.32 Å². The fourth-order valence-corrected chi connectivity index (χ4v) is 1.21. The lowest BCUT2D eigenvalue weighted by atomic mass is 10.1. The normalized spacial score (nSPS) is 9.06. The monoisotopic (exact) mass is 216 g/mol. The second-order valence-electron chi connectivity index (χ2n) is 3.30. The third-order valence-electron chi connectivity index (χ3n) is 2.06. The molecule has 0 radical (unpaired) electrons. The van der Waals surface area contributed by atoms with Gasteiger partial charge in [-0.15, -0.1) is 0 Å². The van der Waals surface area contributed by atoms with Crippen LogP contribution in [-0.2, 0) is 6.42 Å². The Morgan fingerprint density at radius 2 is 2.25 bits per heavy atom. The highest BCUT2D eigenvalue weighted by Crippen LogP contribution is 2.10. The first-order valence-electron chi connectivity index (χ1n) is 5.06. The van der Waals surface area contributed by atoms with Gasteiger partial charge in [-0.05, 0) is 19.2 Å². The van der Waals surface area contributed by atoms with Crippen LogP contribution in [0.2, 0.25) is 0 Å². The van der Waals surface area contributed by atoms with Crippen molar-refractivity contribution in [3.8, 4) is 17.9 Å². The predicted molar refractivity (Wildman–Crippen MR) is 61.1 cm³/mol. The topological polar surface area (TPSA) is 35.8 Å². The van der Waals surface area contributed by atoms with Gasteiger partial charge in [0.15, 0.2) is 0 Å². The molecule has 0 heterocycles. The molecule has 1 aromatic carbocycles. The fraction of sp³-hybridized carbons (Fsp3) is 0.308. The van der Waals surface area contributed by atoms with Gasteiger partial charge in [0, 0.05) is 24.1 Å². The van der Waals surface area contributed by atoms with Gasteiger partial charge in [0.25, 0.3) is 0 Å². The van der Waals surface area contributed by atoms with Crippen molar-refractivity contribution >= 4 is 0 Å². The molecular weight excluding hydrogens is 203 g/mol. The molecule has 1 rings (SSSR count). The number of halogens is 1. The fourth-order valence-electron chi connectivity index (χ4n) is 1.21. The number of benzene rings is 1. The van der Waals surface area contributed by atoms with Crippen LogP contribution >= 0.6 is 0 Å². The molecule has 0 aliphatic carbocycles. The van der Waals surface area contributed by atoms with Gasteiger partial charge in [-0.1, -0.05) is 17.9 Å². The van der Waals surface area contributed by atoms with Crippen LogP contribution in [0.15, 0.2) is 18.2 Å². The van der Waals surface area contributed by atoms with Crippen LogP contribution in [0.5, 0.6) is 0 Å². The van der Waals surface area contributed by atoms with Crippen molar-refractivity contribution in [1.29, 1.82) is 5.26 Å². The molecule has 0 saturated heterocycles. The van der Waals surface area contributed by atoms with Gasteiger partial charge in [-0.2, -0.15) is 5.26 Å². The van der Waals surface area contributed by atoms with E-state index in [1.807, 2.05) is 13.1 Å². The summed E-state index contributed by atoms with van der Waals surface area (Å²) < 4.78 is 13.4. The molecule has 0 fully saturated rings. The van der Waals surface area contributed by atoms with E-state index in [9.17, 15) is 4.39 Å². The van der Waals surface area contributed by atoms with Crippen molar-refractivity contribution in [2.45, 2.75) is 12.8 Å². The van der Waals surface area contributed by atoms with Crippen molar-refractivity contribution in [3.05, 3.63) is 35.1 Å². The first-order chi connectivity index (χ1) is 7.77. The lowest BCUT2D eigenvalue weighted by molar-refractivity contribution is 0.615. The van der Waals surface area contributed by atoms with E-state index in [-0.39, 0.29) is 12.2 Å². The Morgan fingerprint density at radius 3 is 2.88 bits per heavy atom. The first-order valence-corrected chi connectivity index (χ1v) is 5.06. The zero-order chi connectivity index (χ0) is 11.8. The largest absolute Gasteiger partial charge is 0.319 e. The molecule has 1 N–H and O–H groups in total. The zero-order valence-electron chi connectivity index (χ0n) is 9.18. The molecule has 0 atom stereocenters. The van der Waals surface area contributed by atoms with Gasteiger partial charge < -0.3 is 5.32 Å². The van der Waals surface area contributed by atoms with Crippen LogP contribution in [0.3, 0.4) is 0 Å². The molecule has 0 unspecified atom stereocenters. The van der Waals surface area contributed by atoms with E-state index in [4.69, 9.17) is 5.26 Å². The van der Waals surface area contributed by atoms with Crippen LogP contribution in [-0.4, -0.2) is 13.6 Å². The van der Waals surface area contributed by atoms with E-state index in [0.29, 0.717) is 11.1 Å². The van der Waals surface area contributed by atoms with Crippen LogP contribution in [0.1, 0.15) is 17.5 Å². The Kier molecular flexibility index (Phi) is 5.05. The van der Waals surface area contributed by atoms with E-state index in [1.165, 1.54) is 6.07 Å². The number of nitriles is 1. The molecule has 0 aromatic heterocycles. The molecule has 3 heteroatoms. The number of hydrogen-bond acceptors (Lipinski definition) is 2. The standard InChI is InChI=1S/C13H13FN2/c1-16-9-3-2-4-11-5-6-12(7-8-15)13(14)10-11/h5-6,10,16H,3,7,9H2,1H3. The average Bonchev–Trinajstić information content (AvgIpc) is 2.28. The number of nitrogens with one attached hydrogen (secondary N) is 1. The summed E-state index contributed by atoms with van der Waals surface area (Å²) in [4.78, 5) is 0. The molecule has 0 aliphatic rings. The summed E-state index contributed by atoms with van der Waals surface area (Å²) in [6.07, 6.45) is 0.831. The van der Waals surface area contributed by atoms with Gasteiger partial charge in [0.1, 0.15) is 5.82 Å². The number of rotatable bonds is 3. The maximum absolute atomic E-state index is 13.4. The molecule has 1 aromatic rings. The van der Waals surface area contributed by atoms with E-state index >= 15 is 0 Å². The van der Waals surface area contributed by atoms with Crippen LogP contribution in [0, 0.1) is 29.0 Å². The molecule has 16 heavy (non-hydrogen) atoms. The summed E-state index contributed by atoms with van der Waals surface area (Å²) >= 11 is 0. The Labute approximate surface area is 95.1 Å². The summed E-state index contributed by atoms with van der Waals surface area (Å²) in [6, 6.07) is 6.64. The molecule has 0 spiro atoms. The molecule has 0 aliphatic heterocycles. The van der Waals surface area contributed by atoms with Crippen LogP contribution < -0.4 is 5.32 Å². The van der Waals surface area contributed by atoms with E-state index in [1.54, 1.807) is 12.1 Å². The Balaban J connectivity index is 2.72. The summed E-state index contributed by atoms with van der Waals surface area (Å²) in [5.41, 5.74) is 1.07. The minimum absolute atomic E-state index is 0.0965. The Hall–Kier alpha value is -1.84. The van der Waals surface area contributed by atoms with Gasteiger partial charge in [-0.3, -0.25) is 0 Å². The highest BCUT2D eigenvalue weighted by molar-refractivity contribution is 5.37. The first kappa shape index (κ1) is 12.2. The molecule has 0 bridgehead atoms. The Bertz CT molecular complexity index is 449. The summed E-state index contributed by atoms with van der Waals surface area (Å²) in [6.45, 7) is 0.821. The lowest BCUT2D eigenvalue weighted by Crippen LogP contribution is -2.05. The second kappa shape index (κ2) is 6.61. The van der Waals surface area contributed by atoms with Crippen molar-refractivity contribution in [2.24, 2.45) is 0 Å². The molecular formula is C13H13FN2. The van der Waals surface area contributed by atoms with Gasteiger partial charge in [0.2, 0.25) is 0 Å². The van der Waals surface area contributed by atoms with Crippen molar-refractivity contribution in [2.75, 3.05) is 13.6 Å². The third kappa shape index (κ3) is 3.73. The van der Waals surface area contributed by atoms with Crippen molar-refractivity contribution < 1.29 is 4.39 Å².